The molecular formula is C20H32N3O2+. The number of nitrogens with zero attached hydrogens (tertiary/aromatic N) is 1. The van der Waals surface area contributed by atoms with E-state index in [1.54, 1.807) is 0 Å². The number of hydrogen-bond acceptors (Lipinski definition) is 3. The van der Waals surface area contributed by atoms with Crippen LogP contribution < -0.4 is 15.5 Å². The topological polar surface area (TPSA) is 58.2 Å². The molecule has 0 radical (unpaired) electrons. The lowest BCUT2D eigenvalue weighted by atomic mass is 9.78. The van der Waals surface area contributed by atoms with Gasteiger partial charge in [0.1, 0.15) is 0 Å². The second-order valence-electron chi connectivity index (χ2n) is 7.57. The highest BCUT2D eigenvalue weighted by atomic mass is 16.5. The van der Waals surface area contributed by atoms with Crippen molar-refractivity contribution in [1.82, 2.24) is 0 Å². The number of benzene rings is 1. The summed E-state index contributed by atoms with van der Waals surface area (Å²) in [7, 11) is 0. The minimum absolute atomic E-state index is 0.0875. The van der Waals surface area contributed by atoms with Gasteiger partial charge < -0.3 is 20.3 Å². The van der Waals surface area contributed by atoms with E-state index in [2.05, 4.69) is 41.5 Å². The molecule has 1 saturated heterocycles. The Labute approximate surface area is 151 Å². The first-order valence-electron chi connectivity index (χ1n) is 9.69. The fourth-order valence-corrected chi connectivity index (χ4v) is 4.00. The van der Waals surface area contributed by atoms with E-state index >= 15 is 0 Å². The predicted molar refractivity (Wildman–Crippen MR) is 101 cm³/mol. The summed E-state index contributed by atoms with van der Waals surface area (Å²) < 4.78 is 5.39. The lowest BCUT2D eigenvalue weighted by Gasteiger charge is -2.31. The van der Waals surface area contributed by atoms with Gasteiger partial charge in [-0.15, -0.1) is 0 Å². The van der Waals surface area contributed by atoms with E-state index in [1.807, 2.05) is 12.1 Å². The summed E-state index contributed by atoms with van der Waals surface area (Å²) in [6.07, 6.45) is 3.84. The number of ether oxygens (including phenoxy) is 1. The van der Waals surface area contributed by atoms with Crippen LogP contribution in [0.2, 0.25) is 0 Å². The fourth-order valence-electron chi connectivity index (χ4n) is 4.00. The highest BCUT2D eigenvalue weighted by Crippen LogP contribution is 2.27. The quantitative estimate of drug-likeness (QED) is 0.855. The molecule has 3 N–H and O–H groups in total. The Morgan fingerprint density at radius 1 is 1.20 bits per heavy atom. The summed E-state index contributed by atoms with van der Waals surface area (Å²) in [4.78, 5) is 14.6. The van der Waals surface area contributed by atoms with E-state index in [1.165, 1.54) is 24.9 Å². The first kappa shape index (κ1) is 18.2. The number of anilines is 2. The molecular weight excluding hydrogens is 314 g/mol. The largest absolute Gasteiger partial charge is 0.378 e. The number of morpholine rings is 1. The van der Waals surface area contributed by atoms with Gasteiger partial charge in [-0.25, -0.2) is 0 Å². The molecule has 5 heteroatoms. The minimum Gasteiger partial charge on any atom is -0.378 e. The standard InChI is InChI=1S/C20H31N3O2/c1-15-4-3-5-19(16(15)2)21-14-20(24)22-17-6-8-18(9-7-17)23-10-12-25-13-11-23/h6-9,15-16,19,21H,3-5,10-14H2,1-2H3,(H,22,24)/p+1/t15-,16-,19-/m1/s1. The van der Waals surface area contributed by atoms with E-state index in [0.29, 0.717) is 18.5 Å². The highest BCUT2D eigenvalue weighted by molar-refractivity contribution is 5.91. The summed E-state index contributed by atoms with van der Waals surface area (Å²) in [6.45, 7) is 8.59. The van der Waals surface area contributed by atoms with Crippen LogP contribution in [0, 0.1) is 11.8 Å². The summed E-state index contributed by atoms with van der Waals surface area (Å²) in [5.41, 5.74) is 2.07. The SMILES string of the molecule is C[C@@H]1[C@H](C)CCC[C@H]1[NH2+]CC(=O)Nc1ccc(N2CCOCC2)cc1. The van der Waals surface area contributed by atoms with Crippen molar-refractivity contribution in [1.29, 1.82) is 0 Å². The maximum atomic E-state index is 12.3. The number of hydrogen-bond donors (Lipinski definition) is 2. The molecule has 5 nitrogen and oxygen atoms in total. The molecule has 0 unspecified atom stereocenters. The monoisotopic (exact) mass is 346 g/mol. The van der Waals surface area contributed by atoms with Gasteiger partial charge >= 0.3 is 0 Å². The van der Waals surface area contributed by atoms with Gasteiger partial charge in [0, 0.05) is 30.4 Å². The zero-order valence-corrected chi connectivity index (χ0v) is 15.5. The van der Waals surface area contributed by atoms with E-state index in [-0.39, 0.29) is 5.91 Å². The normalized spacial score (nSPS) is 27.1. The molecule has 0 spiro atoms. The fraction of sp³-hybridized carbons (Fsp3) is 0.650. The van der Waals surface area contributed by atoms with Crippen LogP contribution in [0.4, 0.5) is 11.4 Å². The van der Waals surface area contributed by atoms with Gasteiger partial charge in [-0.3, -0.25) is 4.79 Å². The molecule has 1 aliphatic heterocycles. The van der Waals surface area contributed by atoms with Gasteiger partial charge in [-0.05, 0) is 49.4 Å². The van der Waals surface area contributed by atoms with Crippen LogP contribution in [0.25, 0.3) is 0 Å². The number of amides is 1. The summed E-state index contributed by atoms with van der Waals surface area (Å²) in [5, 5.41) is 5.26. The summed E-state index contributed by atoms with van der Waals surface area (Å²) in [5.74, 6) is 1.55. The molecule has 25 heavy (non-hydrogen) atoms. The maximum Gasteiger partial charge on any atom is 0.279 e. The first-order chi connectivity index (χ1) is 12.1. The first-order valence-corrected chi connectivity index (χ1v) is 9.69. The van der Waals surface area contributed by atoms with Gasteiger partial charge in [0.2, 0.25) is 0 Å². The van der Waals surface area contributed by atoms with Crippen molar-refractivity contribution in [2.75, 3.05) is 43.1 Å². The lowest BCUT2D eigenvalue weighted by molar-refractivity contribution is -0.688. The number of carbonyl (C=O) groups excluding carboxylic acids is 1. The molecule has 3 atom stereocenters. The molecule has 2 aliphatic rings. The second kappa shape index (κ2) is 8.68. The molecule has 1 amide bonds. The van der Waals surface area contributed by atoms with Crippen LogP contribution >= 0.6 is 0 Å². The summed E-state index contributed by atoms with van der Waals surface area (Å²) >= 11 is 0. The third-order valence-corrected chi connectivity index (χ3v) is 5.90. The second-order valence-corrected chi connectivity index (χ2v) is 7.57. The van der Waals surface area contributed by atoms with Crippen molar-refractivity contribution in [3.63, 3.8) is 0 Å². The van der Waals surface area contributed by atoms with Crippen LogP contribution in [-0.4, -0.2) is 44.8 Å². The van der Waals surface area contributed by atoms with Gasteiger partial charge in [0.25, 0.3) is 5.91 Å². The van der Waals surface area contributed by atoms with Crippen molar-refractivity contribution in [3.8, 4) is 0 Å². The molecule has 1 saturated carbocycles. The minimum atomic E-state index is 0.0875. The van der Waals surface area contributed by atoms with E-state index in [9.17, 15) is 4.79 Å². The van der Waals surface area contributed by atoms with Crippen LogP contribution in [0.3, 0.4) is 0 Å². The number of quaternary nitrogens is 1. The van der Waals surface area contributed by atoms with Crippen LogP contribution in [0.15, 0.2) is 24.3 Å². The van der Waals surface area contributed by atoms with Crippen LogP contribution in [0.1, 0.15) is 33.1 Å². The number of rotatable bonds is 5. The van der Waals surface area contributed by atoms with Crippen molar-refractivity contribution in [2.24, 2.45) is 11.8 Å². The van der Waals surface area contributed by atoms with Crippen molar-refractivity contribution >= 4 is 17.3 Å². The molecule has 2 fully saturated rings. The molecule has 1 heterocycles. The average molecular weight is 346 g/mol. The van der Waals surface area contributed by atoms with Crippen LogP contribution in [-0.2, 0) is 9.53 Å². The number of carbonyl (C=O) groups is 1. The Morgan fingerprint density at radius 3 is 2.64 bits per heavy atom. The zero-order valence-electron chi connectivity index (χ0n) is 15.5. The average Bonchev–Trinajstić information content (AvgIpc) is 2.64. The smallest absolute Gasteiger partial charge is 0.279 e. The third-order valence-electron chi connectivity index (χ3n) is 5.90. The Bertz CT molecular complexity index is 555. The number of nitrogens with one attached hydrogen (secondary N) is 1. The molecule has 0 bridgehead atoms. The highest BCUT2D eigenvalue weighted by Gasteiger charge is 2.29. The van der Waals surface area contributed by atoms with Gasteiger partial charge in [0.05, 0.1) is 19.3 Å². The van der Waals surface area contributed by atoms with Crippen molar-refractivity contribution < 1.29 is 14.8 Å². The Balaban J connectivity index is 1.46. The maximum absolute atomic E-state index is 12.3. The Hall–Kier alpha value is -1.59. The van der Waals surface area contributed by atoms with E-state index in [4.69, 9.17) is 4.74 Å². The predicted octanol–water partition coefficient (Wildman–Crippen LogP) is 1.85. The van der Waals surface area contributed by atoms with Crippen molar-refractivity contribution in [3.05, 3.63) is 24.3 Å². The van der Waals surface area contributed by atoms with Gasteiger partial charge in [0.15, 0.2) is 6.54 Å². The zero-order chi connectivity index (χ0) is 17.6. The van der Waals surface area contributed by atoms with E-state index < -0.39 is 0 Å². The third kappa shape index (κ3) is 4.95. The molecule has 1 aromatic carbocycles. The van der Waals surface area contributed by atoms with Gasteiger partial charge in [-0.1, -0.05) is 13.8 Å². The Morgan fingerprint density at radius 2 is 1.92 bits per heavy atom. The lowest BCUT2D eigenvalue weighted by Crippen LogP contribution is -2.93. The molecule has 1 aliphatic carbocycles. The molecule has 1 aromatic rings. The number of nitrogens with two attached hydrogens (primary N) is 1. The molecule has 0 aromatic heterocycles. The van der Waals surface area contributed by atoms with E-state index in [0.717, 1.165) is 37.9 Å². The molecule has 138 valence electrons. The molecule has 3 rings (SSSR count). The summed E-state index contributed by atoms with van der Waals surface area (Å²) in [6, 6.07) is 8.73. The van der Waals surface area contributed by atoms with Gasteiger partial charge in [-0.2, -0.15) is 0 Å². The van der Waals surface area contributed by atoms with Crippen LogP contribution in [0.5, 0.6) is 0 Å². The van der Waals surface area contributed by atoms with Crippen molar-refractivity contribution in [2.45, 2.75) is 39.2 Å². The Kier molecular flexibility index (Phi) is 6.32.